The zero-order valence-corrected chi connectivity index (χ0v) is 16.8. The van der Waals surface area contributed by atoms with Crippen molar-refractivity contribution in [2.45, 2.75) is 51.5 Å². The van der Waals surface area contributed by atoms with Crippen LogP contribution in [-0.4, -0.2) is 33.5 Å². The molecule has 2 amide bonds. The SMILES string of the molecule is CC(=N)/C=C(\S)Nc1nc(N[C@H](CC2CCCCC2)C(N)=O)cnc1C(N)=O. The number of allylic oxidation sites excluding steroid dienone is 1. The lowest BCUT2D eigenvalue weighted by atomic mass is 9.84. The molecule has 9 nitrogen and oxygen atoms in total. The van der Waals surface area contributed by atoms with E-state index in [9.17, 15) is 9.59 Å². The van der Waals surface area contributed by atoms with Crippen LogP contribution in [0.15, 0.2) is 17.3 Å². The molecule has 1 heterocycles. The first kappa shape index (κ1) is 21.7. The first-order chi connectivity index (χ1) is 13.3. The van der Waals surface area contributed by atoms with Gasteiger partial charge in [0.15, 0.2) is 11.5 Å². The Bertz CT molecular complexity index is 775. The fourth-order valence-corrected chi connectivity index (χ4v) is 3.57. The van der Waals surface area contributed by atoms with Crippen molar-refractivity contribution in [2.24, 2.45) is 17.4 Å². The van der Waals surface area contributed by atoms with Gasteiger partial charge in [-0.1, -0.05) is 32.1 Å². The average Bonchev–Trinajstić information content (AvgIpc) is 2.61. The fraction of sp³-hybridized carbons (Fsp3) is 0.500. The van der Waals surface area contributed by atoms with Gasteiger partial charge >= 0.3 is 0 Å². The number of amides is 2. The minimum atomic E-state index is -0.761. The van der Waals surface area contributed by atoms with E-state index in [1.54, 1.807) is 6.92 Å². The van der Waals surface area contributed by atoms with Crippen molar-refractivity contribution in [1.82, 2.24) is 9.97 Å². The van der Waals surface area contributed by atoms with Crippen molar-refractivity contribution < 1.29 is 9.59 Å². The number of nitrogens with zero attached hydrogens (tertiary/aromatic N) is 2. The summed E-state index contributed by atoms with van der Waals surface area (Å²) in [7, 11) is 0. The molecule has 1 fully saturated rings. The van der Waals surface area contributed by atoms with Gasteiger partial charge in [0.25, 0.3) is 5.91 Å². The molecule has 1 aromatic heterocycles. The van der Waals surface area contributed by atoms with Gasteiger partial charge in [-0.2, -0.15) is 0 Å². The van der Waals surface area contributed by atoms with Crippen LogP contribution in [0.25, 0.3) is 0 Å². The second kappa shape index (κ2) is 10.1. The Hall–Kier alpha value is -2.62. The normalized spacial score (nSPS) is 16.3. The molecule has 0 aromatic carbocycles. The Morgan fingerprint density at radius 2 is 2.04 bits per heavy atom. The van der Waals surface area contributed by atoms with Crippen molar-refractivity contribution >= 4 is 41.8 Å². The molecule has 10 heteroatoms. The minimum Gasteiger partial charge on any atom is -0.368 e. The summed E-state index contributed by atoms with van der Waals surface area (Å²) in [4.78, 5) is 31.9. The smallest absolute Gasteiger partial charge is 0.271 e. The van der Waals surface area contributed by atoms with E-state index in [2.05, 4.69) is 33.2 Å². The first-order valence-electron chi connectivity index (χ1n) is 9.21. The Labute approximate surface area is 169 Å². The van der Waals surface area contributed by atoms with Crippen LogP contribution in [-0.2, 0) is 4.79 Å². The van der Waals surface area contributed by atoms with Crippen molar-refractivity contribution in [3.63, 3.8) is 0 Å². The molecule has 0 radical (unpaired) electrons. The Morgan fingerprint density at radius 1 is 1.36 bits per heavy atom. The number of primary amides is 2. The topological polar surface area (TPSA) is 160 Å². The van der Waals surface area contributed by atoms with Crippen LogP contribution >= 0.6 is 12.6 Å². The highest BCUT2D eigenvalue weighted by Gasteiger charge is 2.24. The molecule has 0 bridgehead atoms. The van der Waals surface area contributed by atoms with Crippen LogP contribution in [0.2, 0.25) is 0 Å². The first-order valence-corrected chi connectivity index (χ1v) is 9.66. The molecule has 1 saturated carbocycles. The van der Waals surface area contributed by atoms with Gasteiger partial charge in [-0.15, -0.1) is 12.6 Å². The lowest BCUT2D eigenvalue weighted by Gasteiger charge is -2.26. The van der Waals surface area contributed by atoms with Crippen LogP contribution in [0, 0.1) is 11.3 Å². The molecular formula is C18H27N7O2S. The third kappa shape index (κ3) is 6.52. The maximum absolute atomic E-state index is 11.9. The monoisotopic (exact) mass is 405 g/mol. The summed E-state index contributed by atoms with van der Waals surface area (Å²) >= 11 is 4.22. The van der Waals surface area contributed by atoms with Gasteiger partial charge in [0.1, 0.15) is 11.9 Å². The van der Waals surface area contributed by atoms with E-state index >= 15 is 0 Å². The zero-order valence-electron chi connectivity index (χ0n) is 15.9. The second-order valence-electron chi connectivity index (χ2n) is 6.99. The molecule has 0 spiro atoms. The van der Waals surface area contributed by atoms with Crippen LogP contribution in [0.1, 0.15) is 55.9 Å². The standard InChI is InChI=1S/C18H27N7O2S/c1-10(19)7-14(28)25-18-15(17(21)27)22-9-13(24-18)23-12(16(20)26)8-11-5-3-2-4-6-11/h7,9,11-12,19,28H,2-6,8H2,1H3,(H2,20,26)(H2,21,27)(H2,23,24,25)/b14-7-,19-10?/t12-/m1/s1. The van der Waals surface area contributed by atoms with E-state index in [0.29, 0.717) is 23.2 Å². The number of carbonyl (C=O) groups is 2. The molecule has 0 aliphatic heterocycles. The lowest BCUT2D eigenvalue weighted by molar-refractivity contribution is -0.119. The fourth-order valence-electron chi connectivity index (χ4n) is 3.27. The molecule has 1 aliphatic carbocycles. The molecule has 152 valence electrons. The van der Waals surface area contributed by atoms with Crippen molar-refractivity contribution in [1.29, 1.82) is 5.41 Å². The lowest BCUT2D eigenvalue weighted by Crippen LogP contribution is -2.37. The summed E-state index contributed by atoms with van der Waals surface area (Å²) in [6, 6.07) is -0.584. The number of rotatable bonds is 9. The summed E-state index contributed by atoms with van der Waals surface area (Å²) in [6.07, 6.45) is 9.15. The number of nitrogens with two attached hydrogens (primary N) is 2. The number of aromatic nitrogens is 2. The number of carbonyl (C=O) groups excluding carboxylic acids is 2. The molecule has 2 rings (SSSR count). The third-order valence-electron chi connectivity index (χ3n) is 4.56. The molecule has 1 aromatic rings. The summed E-state index contributed by atoms with van der Waals surface area (Å²) < 4.78 is 0. The van der Waals surface area contributed by atoms with E-state index in [1.807, 2.05) is 0 Å². The molecule has 0 saturated heterocycles. The van der Waals surface area contributed by atoms with Gasteiger partial charge in [-0.3, -0.25) is 9.59 Å². The summed E-state index contributed by atoms with van der Waals surface area (Å²) in [5, 5.41) is 13.6. The third-order valence-corrected chi connectivity index (χ3v) is 4.81. The van der Waals surface area contributed by atoms with Crippen molar-refractivity contribution in [3.05, 3.63) is 23.0 Å². The highest BCUT2D eigenvalue weighted by molar-refractivity contribution is 7.84. The summed E-state index contributed by atoms with van der Waals surface area (Å²) in [5.74, 6) is -0.407. The van der Waals surface area contributed by atoms with Crippen LogP contribution in [0.5, 0.6) is 0 Å². The number of anilines is 2. The van der Waals surface area contributed by atoms with Gasteiger partial charge in [-0.05, 0) is 25.3 Å². The Kier molecular flexibility index (Phi) is 7.80. The molecule has 1 atom stereocenters. The summed E-state index contributed by atoms with van der Waals surface area (Å²) in [5.41, 5.74) is 11.1. The van der Waals surface area contributed by atoms with E-state index in [-0.39, 0.29) is 17.2 Å². The van der Waals surface area contributed by atoms with Gasteiger partial charge in [0, 0.05) is 5.71 Å². The maximum Gasteiger partial charge on any atom is 0.271 e. The predicted octanol–water partition coefficient (Wildman–Crippen LogP) is 2.03. The number of hydrogen-bond acceptors (Lipinski definition) is 8. The zero-order chi connectivity index (χ0) is 20.7. The number of nitrogens with one attached hydrogen (secondary N) is 3. The van der Waals surface area contributed by atoms with E-state index in [0.717, 1.165) is 12.8 Å². The number of thiol groups is 1. The molecule has 1 aliphatic rings. The van der Waals surface area contributed by atoms with Crippen LogP contribution in [0.3, 0.4) is 0 Å². The maximum atomic E-state index is 11.9. The Morgan fingerprint density at radius 3 is 2.61 bits per heavy atom. The van der Waals surface area contributed by atoms with Crippen molar-refractivity contribution in [2.75, 3.05) is 10.6 Å². The van der Waals surface area contributed by atoms with Gasteiger partial charge in [0.05, 0.1) is 11.2 Å². The van der Waals surface area contributed by atoms with Crippen molar-refractivity contribution in [3.8, 4) is 0 Å². The minimum absolute atomic E-state index is 0.0731. The van der Waals surface area contributed by atoms with Gasteiger partial charge in [-0.25, -0.2) is 9.97 Å². The largest absolute Gasteiger partial charge is 0.368 e. The van der Waals surface area contributed by atoms with Gasteiger partial charge < -0.3 is 27.5 Å². The van der Waals surface area contributed by atoms with E-state index in [4.69, 9.17) is 16.9 Å². The van der Waals surface area contributed by atoms with E-state index in [1.165, 1.54) is 31.5 Å². The second-order valence-corrected chi connectivity index (χ2v) is 7.48. The molecule has 0 unspecified atom stereocenters. The molecule has 7 N–H and O–H groups in total. The molecule has 28 heavy (non-hydrogen) atoms. The van der Waals surface area contributed by atoms with Crippen LogP contribution < -0.4 is 22.1 Å². The Balaban J connectivity index is 2.20. The van der Waals surface area contributed by atoms with E-state index < -0.39 is 17.9 Å². The quantitative estimate of drug-likeness (QED) is 0.272. The molecular weight excluding hydrogens is 378 g/mol. The van der Waals surface area contributed by atoms with Crippen LogP contribution in [0.4, 0.5) is 11.6 Å². The van der Waals surface area contributed by atoms with Gasteiger partial charge in [0.2, 0.25) is 5.91 Å². The highest BCUT2D eigenvalue weighted by Crippen LogP contribution is 2.28. The average molecular weight is 406 g/mol. The highest BCUT2D eigenvalue weighted by atomic mass is 32.1. The summed E-state index contributed by atoms with van der Waals surface area (Å²) in [6.45, 7) is 1.58. The predicted molar refractivity (Wildman–Crippen MR) is 112 cm³/mol. The number of hydrogen-bond donors (Lipinski definition) is 6.